The van der Waals surface area contributed by atoms with Gasteiger partial charge in [-0.15, -0.1) is 0 Å². The van der Waals surface area contributed by atoms with Crippen molar-refractivity contribution in [2.24, 2.45) is 23.2 Å². The molecule has 4 aliphatic rings. The summed E-state index contributed by atoms with van der Waals surface area (Å²) < 4.78 is 5.08. The van der Waals surface area contributed by atoms with Crippen LogP contribution in [0.5, 0.6) is 0 Å². The standard InChI is InChI=1S/C26H31N3O4/c30-23(7-8-27-25(32)26-13-18-10-19(14-26)12-20(11-18)15-26)28-16-17-3-5-21(6-4-17)29-24(31)22-2-1-9-33-22/h1-6,9,18-20H,7-8,10-16H2,(H,27,32)(H,28,30)(H,29,31). The number of hydrogen-bond donors (Lipinski definition) is 3. The molecule has 7 heteroatoms. The predicted octanol–water partition coefficient (Wildman–Crippen LogP) is 3.87. The minimum Gasteiger partial charge on any atom is -0.459 e. The molecule has 1 heterocycles. The Morgan fingerprint density at radius 2 is 1.58 bits per heavy atom. The van der Waals surface area contributed by atoms with Gasteiger partial charge in [-0.25, -0.2) is 0 Å². The average molecular weight is 450 g/mol. The normalized spacial score (nSPS) is 27.2. The largest absolute Gasteiger partial charge is 0.459 e. The summed E-state index contributed by atoms with van der Waals surface area (Å²) in [5, 5.41) is 8.72. The summed E-state index contributed by atoms with van der Waals surface area (Å²) in [6.45, 7) is 0.776. The maximum atomic E-state index is 13.0. The molecule has 0 atom stereocenters. The van der Waals surface area contributed by atoms with Crippen molar-refractivity contribution in [2.45, 2.75) is 51.5 Å². The van der Waals surface area contributed by atoms with E-state index in [0.29, 0.717) is 18.8 Å². The molecule has 3 N–H and O–H groups in total. The van der Waals surface area contributed by atoms with Crippen LogP contribution in [0, 0.1) is 23.2 Å². The summed E-state index contributed by atoms with van der Waals surface area (Å²) in [6, 6.07) is 10.5. The highest BCUT2D eigenvalue weighted by molar-refractivity contribution is 6.02. The highest BCUT2D eigenvalue weighted by Gasteiger charge is 2.54. The summed E-state index contributed by atoms with van der Waals surface area (Å²) in [6.07, 6.45) is 8.77. The molecule has 0 saturated heterocycles. The van der Waals surface area contributed by atoms with Crippen molar-refractivity contribution < 1.29 is 18.8 Å². The zero-order valence-electron chi connectivity index (χ0n) is 18.8. The fraction of sp³-hybridized carbons (Fsp3) is 0.500. The fourth-order valence-electron chi connectivity index (χ4n) is 6.46. The number of rotatable bonds is 8. The minimum absolute atomic E-state index is 0.0870. The van der Waals surface area contributed by atoms with Crippen molar-refractivity contribution >= 4 is 23.4 Å². The summed E-state index contributed by atoms with van der Waals surface area (Å²) in [7, 11) is 0. The molecule has 174 valence electrons. The van der Waals surface area contributed by atoms with Gasteiger partial charge in [0.1, 0.15) is 0 Å². The number of furan rings is 1. The molecule has 0 spiro atoms. The van der Waals surface area contributed by atoms with E-state index in [2.05, 4.69) is 16.0 Å². The topological polar surface area (TPSA) is 100 Å². The summed E-state index contributed by atoms with van der Waals surface area (Å²) >= 11 is 0. The zero-order valence-corrected chi connectivity index (χ0v) is 18.8. The second-order valence-electron chi connectivity index (χ2n) is 10.1. The van der Waals surface area contributed by atoms with Gasteiger partial charge in [0.2, 0.25) is 11.8 Å². The molecule has 7 nitrogen and oxygen atoms in total. The second-order valence-corrected chi connectivity index (χ2v) is 10.1. The van der Waals surface area contributed by atoms with Gasteiger partial charge >= 0.3 is 0 Å². The Balaban J connectivity index is 1.03. The Bertz CT molecular complexity index is 977. The highest BCUT2D eigenvalue weighted by Crippen LogP contribution is 2.60. The second kappa shape index (κ2) is 9.04. The number of anilines is 1. The van der Waals surface area contributed by atoms with E-state index in [1.54, 1.807) is 24.3 Å². The molecule has 0 aliphatic heterocycles. The van der Waals surface area contributed by atoms with Gasteiger partial charge in [0, 0.05) is 30.6 Å². The molecule has 4 fully saturated rings. The number of hydrogen-bond acceptors (Lipinski definition) is 4. The van der Waals surface area contributed by atoms with Crippen molar-refractivity contribution in [1.82, 2.24) is 10.6 Å². The number of carbonyl (C=O) groups excluding carboxylic acids is 3. The van der Waals surface area contributed by atoms with Crippen LogP contribution in [0.1, 0.15) is 61.1 Å². The number of nitrogens with one attached hydrogen (secondary N) is 3. The minimum atomic E-state index is -0.309. The molecular weight excluding hydrogens is 418 g/mol. The van der Waals surface area contributed by atoms with E-state index in [1.807, 2.05) is 12.1 Å². The van der Waals surface area contributed by atoms with Gasteiger partial charge in [0.15, 0.2) is 5.76 Å². The van der Waals surface area contributed by atoms with Gasteiger partial charge in [-0.3, -0.25) is 14.4 Å². The Morgan fingerprint density at radius 1 is 0.909 bits per heavy atom. The molecule has 4 bridgehead atoms. The fourth-order valence-corrected chi connectivity index (χ4v) is 6.46. The van der Waals surface area contributed by atoms with Gasteiger partial charge in [0.05, 0.1) is 6.26 Å². The number of carbonyl (C=O) groups is 3. The maximum absolute atomic E-state index is 13.0. The van der Waals surface area contributed by atoms with Gasteiger partial charge in [-0.1, -0.05) is 12.1 Å². The van der Waals surface area contributed by atoms with Gasteiger partial charge in [-0.05, 0) is 86.1 Å². The van der Waals surface area contributed by atoms with Crippen molar-refractivity contribution in [3.8, 4) is 0 Å². The Labute approximate surface area is 193 Å². The molecule has 6 rings (SSSR count). The van der Waals surface area contributed by atoms with Crippen molar-refractivity contribution in [1.29, 1.82) is 0 Å². The molecule has 3 amide bonds. The number of amides is 3. The highest BCUT2D eigenvalue weighted by atomic mass is 16.3. The van der Waals surface area contributed by atoms with E-state index in [0.717, 1.165) is 42.6 Å². The molecule has 4 aliphatic carbocycles. The van der Waals surface area contributed by atoms with Gasteiger partial charge in [0.25, 0.3) is 5.91 Å². The first-order chi connectivity index (χ1) is 16.0. The first-order valence-corrected chi connectivity index (χ1v) is 12.0. The summed E-state index contributed by atoms with van der Waals surface area (Å²) in [4.78, 5) is 37.2. The first-order valence-electron chi connectivity index (χ1n) is 12.0. The molecule has 33 heavy (non-hydrogen) atoms. The van der Waals surface area contributed by atoms with Crippen LogP contribution in [0.2, 0.25) is 0 Å². The molecular formula is C26H31N3O4. The third kappa shape index (κ3) is 4.82. The molecule has 0 radical (unpaired) electrons. The third-order valence-electron chi connectivity index (χ3n) is 7.60. The number of benzene rings is 1. The van der Waals surface area contributed by atoms with Gasteiger partial charge < -0.3 is 20.4 Å². The Kier molecular flexibility index (Phi) is 5.96. The van der Waals surface area contributed by atoms with E-state index >= 15 is 0 Å². The Hall–Kier alpha value is -3.09. The van der Waals surface area contributed by atoms with Crippen LogP contribution < -0.4 is 16.0 Å². The third-order valence-corrected chi connectivity index (χ3v) is 7.60. The van der Waals surface area contributed by atoms with Crippen LogP contribution in [0.15, 0.2) is 47.1 Å². The molecule has 1 aromatic carbocycles. The van der Waals surface area contributed by atoms with Crippen LogP contribution in [0.25, 0.3) is 0 Å². The van der Waals surface area contributed by atoms with Crippen LogP contribution >= 0.6 is 0 Å². The quantitative estimate of drug-likeness (QED) is 0.569. The predicted molar refractivity (Wildman–Crippen MR) is 123 cm³/mol. The monoisotopic (exact) mass is 449 g/mol. The lowest BCUT2D eigenvalue weighted by Crippen LogP contribution is -2.53. The maximum Gasteiger partial charge on any atom is 0.291 e. The van der Waals surface area contributed by atoms with E-state index < -0.39 is 0 Å². The van der Waals surface area contributed by atoms with Crippen molar-refractivity contribution in [3.63, 3.8) is 0 Å². The van der Waals surface area contributed by atoms with Crippen molar-refractivity contribution in [2.75, 3.05) is 11.9 Å². The first kappa shape index (κ1) is 21.7. The van der Waals surface area contributed by atoms with E-state index in [9.17, 15) is 14.4 Å². The molecule has 2 aromatic rings. The molecule has 1 aromatic heterocycles. The lowest BCUT2D eigenvalue weighted by atomic mass is 9.49. The average Bonchev–Trinajstić information content (AvgIpc) is 3.33. The zero-order chi connectivity index (χ0) is 22.8. The lowest BCUT2D eigenvalue weighted by molar-refractivity contribution is -0.146. The van der Waals surface area contributed by atoms with Crippen LogP contribution in [0.3, 0.4) is 0 Å². The molecule has 4 saturated carbocycles. The van der Waals surface area contributed by atoms with Crippen LogP contribution in [-0.2, 0) is 16.1 Å². The smallest absolute Gasteiger partial charge is 0.291 e. The Morgan fingerprint density at radius 3 is 2.18 bits per heavy atom. The summed E-state index contributed by atoms with van der Waals surface area (Å²) in [5.74, 6) is 2.22. The van der Waals surface area contributed by atoms with Crippen molar-refractivity contribution in [3.05, 3.63) is 54.0 Å². The van der Waals surface area contributed by atoms with Crippen LogP contribution in [-0.4, -0.2) is 24.3 Å². The van der Waals surface area contributed by atoms with Crippen LogP contribution in [0.4, 0.5) is 5.69 Å². The van der Waals surface area contributed by atoms with E-state index in [-0.39, 0.29) is 35.3 Å². The van der Waals surface area contributed by atoms with Gasteiger partial charge in [-0.2, -0.15) is 0 Å². The summed E-state index contributed by atoms with van der Waals surface area (Å²) in [5.41, 5.74) is 1.41. The SMILES string of the molecule is O=C(CCNC(=O)C12CC3CC(CC(C3)C1)C2)NCc1ccc(NC(=O)c2ccco2)cc1. The van der Waals surface area contributed by atoms with E-state index in [4.69, 9.17) is 4.42 Å². The molecule has 0 unspecified atom stereocenters. The lowest BCUT2D eigenvalue weighted by Gasteiger charge is -2.55. The van der Waals surface area contributed by atoms with E-state index in [1.165, 1.54) is 25.5 Å².